The molecule has 2 amide bonds. The first-order valence-corrected chi connectivity index (χ1v) is 9.39. The fraction of sp³-hybridized carbons (Fsp3) is 0.0476. The first kappa shape index (κ1) is 19.4. The molecule has 4 rings (SSSR count). The number of halogens is 1. The average Bonchev–Trinajstić information content (AvgIpc) is 3.34. The third-order valence-electron chi connectivity index (χ3n) is 4.46. The lowest BCUT2D eigenvalue weighted by atomic mass is 10.2. The van der Waals surface area contributed by atoms with Gasteiger partial charge in [-0.25, -0.2) is 9.36 Å². The molecule has 0 aliphatic rings. The number of carbonyl (C=O) groups is 2. The molecule has 2 aromatic heterocycles. The Kier molecular flexibility index (Phi) is 5.07. The molecule has 8 nitrogen and oxygen atoms in total. The summed E-state index contributed by atoms with van der Waals surface area (Å²) in [5.74, 6) is -0.955. The summed E-state index contributed by atoms with van der Waals surface area (Å²) in [5, 5.41) is 11.6. The zero-order chi connectivity index (χ0) is 21.3. The normalized spacial score (nSPS) is 10.7. The molecule has 0 radical (unpaired) electrons. The predicted octanol–water partition coefficient (Wildman–Crippen LogP) is 3.37. The van der Waals surface area contributed by atoms with Gasteiger partial charge in [0, 0.05) is 11.9 Å². The van der Waals surface area contributed by atoms with Gasteiger partial charge in [-0.05, 0) is 49.4 Å². The monoisotopic (exact) mass is 420 g/mol. The number of rotatable bonds is 5. The van der Waals surface area contributed by atoms with Gasteiger partial charge in [0.05, 0.1) is 17.1 Å². The molecule has 0 saturated carbocycles. The van der Waals surface area contributed by atoms with Gasteiger partial charge in [0.25, 0.3) is 11.8 Å². The van der Waals surface area contributed by atoms with Crippen LogP contribution in [-0.4, -0.2) is 31.4 Å². The van der Waals surface area contributed by atoms with Crippen LogP contribution in [0.25, 0.3) is 11.4 Å². The van der Waals surface area contributed by atoms with Crippen LogP contribution in [0.15, 0.2) is 66.9 Å². The van der Waals surface area contributed by atoms with Crippen LogP contribution >= 0.6 is 11.6 Å². The van der Waals surface area contributed by atoms with E-state index in [1.807, 2.05) is 30.3 Å². The number of para-hydroxylation sites is 1. The molecule has 30 heavy (non-hydrogen) atoms. The minimum absolute atomic E-state index is 0.174. The van der Waals surface area contributed by atoms with E-state index < -0.39 is 5.91 Å². The van der Waals surface area contributed by atoms with Crippen LogP contribution in [0.3, 0.4) is 0 Å². The molecule has 0 unspecified atom stereocenters. The number of nitrogens with two attached hydrogens (primary N) is 1. The summed E-state index contributed by atoms with van der Waals surface area (Å²) in [6, 6.07) is 17.9. The van der Waals surface area contributed by atoms with Gasteiger partial charge in [-0.15, -0.1) is 0 Å². The van der Waals surface area contributed by atoms with E-state index in [9.17, 15) is 9.59 Å². The molecule has 4 aromatic rings. The maximum atomic E-state index is 12.8. The largest absolute Gasteiger partial charge is 0.364 e. The van der Waals surface area contributed by atoms with Crippen molar-refractivity contribution >= 4 is 29.1 Å². The molecule has 2 heterocycles. The van der Waals surface area contributed by atoms with Crippen LogP contribution in [-0.2, 0) is 0 Å². The Morgan fingerprint density at radius 3 is 2.30 bits per heavy atom. The van der Waals surface area contributed by atoms with Crippen LogP contribution in [0.5, 0.6) is 0 Å². The maximum absolute atomic E-state index is 12.8. The number of carbonyl (C=O) groups excluding carboxylic acids is 2. The minimum atomic E-state index is -0.596. The van der Waals surface area contributed by atoms with E-state index in [-0.39, 0.29) is 16.8 Å². The first-order chi connectivity index (χ1) is 14.4. The fourth-order valence-electron chi connectivity index (χ4n) is 2.99. The molecule has 0 aliphatic heterocycles. The Balaban J connectivity index is 1.54. The molecule has 0 spiro atoms. The lowest BCUT2D eigenvalue weighted by Gasteiger charge is -2.07. The van der Waals surface area contributed by atoms with Crippen molar-refractivity contribution in [1.82, 2.24) is 19.6 Å². The summed E-state index contributed by atoms with van der Waals surface area (Å²) in [4.78, 5) is 24.0. The van der Waals surface area contributed by atoms with Gasteiger partial charge in [0.15, 0.2) is 0 Å². The number of nitrogens with one attached hydrogen (secondary N) is 1. The van der Waals surface area contributed by atoms with Gasteiger partial charge in [-0.2, -0.15) is 10.2 Å². The highest BCUT2D eigenvalue weighted by atomic mass is 35.5. The number of aromatic nitrogens is 4. The zero-order valence-electron chi connectivity index (χ0n) is 15.9. The van der Waals surface area contributed by atoms with Crippen molar-refractivity contribution in [2.75, 3.05) is 5.32 Å². The summed E-state index contributed by atoms with van der Waals surface area (Å²) in [5.41, 5.74) is 8.29. The molecular formula is C21H17ClN6O2. The van der Waals surface area contributed by atoms with Crippen molar-refractivity contribution in [3.63, 3.8) is 0 Å². The van der Waals surface area contributed by atoms with E-state index in [0.717, 1.165) is 5.69 Å². The van der Waals surface area contributed by atoms with E-state index in [1.54, 1.807) is 37.4 Å². The van der Waals surface area contributed by atoms with Crippen molar-refractivity contribution in [3.05, 3.63) is 89.0 Å². The summed E-state index contributed by atoms with van der Waals surface area (Å²) in [7, 11) is 0. The third kappa shape index (κ3) is 3.68. The van der Waals surface area contributed by atoms with Gasteiger partial charge >= 0.3 is 0 Å². The van der Waals surface area contributed by atoms with Gasteiger partial charge < -0.3 is 11.1 Å². The number of primary amides is 1. The molecule has 2 aromatic carbocycles. The van der Waals surface area contributed by atoms with Crippen molar-refractivity contribution < 1.29 is 9.59 Å². The lowest BCUT2D eigenvalue weighted by Crippen LogP contribution is -2.13. The third-order valence-corrected chi connectivity index (χ3v) is 4.81. The summed E-state index contributed by atoms with van der Waals surface area (Å²) >= 11 is 6.45. The van der Waals surface area contributed by atoms with Gasteiger partial charge in [0.2, 0.25) is 0 Å². The fourth-order valence-corrected chi connectivity index (χ4v) is 3.35. The zero-order valence-corrected chi connectivity index (χ0v) is 16.7. The highest BCUT2D eigenvalue weighted by Gasteiger charge is 2.21. The number of hydrogen-bond acceptors (Lipinski definition) is 4. The van der Waals surface area contributed by atoms with Crippen LogP contribution < -0.4 is 11.1 Å². The van der Waals surface area contributed by atoms with Gasteiger partial charge in [-0.1, -0.05) is 29.8 Å². The molecule has 0 saturated heterocycles. The number of anilines is 1. The Bertz CT molecular complexity index is 1230. The van der Waals surface area contributed by atoms with Crippen LogP contribution in [0, 0.1) is 6.92 Å². The highest BCUT2D eigenvalue weighted by Crippen LogP contribution is 2.25. The van der Waals surface area contributed by atoms with Crippen molar-refractivity contribution in [2.45, 2.75) is 6.92 Å². The number of hydrogen-bond donors (Lipinski definition) is 2. The van der Waals surface area contributed by atoms with E-state index in [2.05, 4.69) is 15.5 Å². The predicted molar refractivity (Wildman–Crippen MR) is 113 cm³/mol. The van der Waals surface area contributed by atoms with Crippen LogP contribution in [0.4, 0.5) is 5.69 Å². The first-order valence-electron chi connectivity index (χ1n) is 9.02. The summed E-state index contributed by atoms with van der Waals surface area (Å²) < 4.78 is 3.06. The maximum Gasteiger partial charge on any atom is 0.269 e. The van der Waals surface area contributed by atoms with E-state index >= 15 is 0 Å². The molecule has 3 N–H and O–H groups in total. The summed E-state index contributed by atoms with van der Waals surface area (Å²) in [6.45, 7) is 1.73. The molecule has 0 fully saturated rings. The van der Waals surface area contributed by atoms with E-state index in [4.69, 9.17) is 17.3 Å². The number of nitrogens with zero attached hydrogens (tertiary/aromatic N) is 4. The number of amides is 2. The molecule has 9 heteroatoms. The topological polar surface area (TPSA) is 108 Å². The van der Waals surface area contributed by atoms with Crippen LogP contribution in [0.2, 0.25) is 5.15 Å². The lowest BCUT2D eigenvalue weighted by molar-refractivity contribution is 0.0993. The van der Waals surface area contributed by atoms with Gasteiger partial charge in [0.1, 0.15) is 16.4 Å². The molecular weight excluding hydrogens is 404 g/mol. The SMILES string of the molecule is Cc1nn(-c2ccccc2)c(Cl)c1C(=O)Nc1ccc(-n2ccc(C(N)=O)n2)cc1. The smallest absolute Gasteiger partial charge is 0.269 e. The van der Waals surface area contributed by atoms with Gasteiger partial charge in [-0.3, -0.25) is 9.59 Å². The Morgan fingerprint density at radius 2 is 1.67 bits per heavy atom. The molecule has 0 aliphatic carbocycles. The van der Waals surface area contributed by atoms with Crippen LogP contribution in [0.1, 0.15) is 26.5 Å². The highest BCUT2D eigenvalue weighted by molar-refractivity contribution is 6.34. The quantitative estimate of drug-likeness (QED) is 0.516. The van der Waals surface area contributed by atoms with E-state index in [1.165, 1.54) is 15.4 Å². The summed E-state index contributed by atoms with van der Waals surface area (Å²) in [6.07, 6.45) is 1.63. The Morgan fingerprint density at radius 1 is 0.967 bits per heavy atom. The second-order valence-corrected chi connectivity index (χ2v) is 6.87. The minimum Gasteiger partial charge on any atom is -0.364 e. The van der Waals surface area contributed by atoms with E-state index in [0.29, 0.717) is 22.6 Å². The number of benzene rings is 2. The molecule has 0 bridgehead atoms. The van der Waals surface area contributed by atoms with Crippen molar-refractivity contribution in [2.24, 2.45) is 5.73 Å². The van der Waals surface area contributed by atoms with Crippen molar-refractivity contribution in [3.8, 4) is 11.4 Å². The Labute approximate surface area is 176 Å². The second-order valence-electron chi connectivity index (χ2n) is 6.51. The van der Waals surface area contributed by atoms with Crippen molar-refractivity contribution in [1.29, 1.82) is 0 Å². The standard InChI is InChI=1S/C21H17ClN6O2/c1-13-18(19(22)28(25-13)16-5-3-2-4-6-16)21(30)24-14-7-9-15(10-8-14)27-12-11-17(26-27)20(23)29/h2-12H,1H3,(H2,23,29)(H,24,30). The average molecular weight is 421 g/mol. The Hall–Kier alpha value is -3.91. The molecule has 0 atom stereocenters. The second kappa shape index (κ2) is 7.84. The molecule has 150 valence electrons. The number of aryl methyl sites for hydroxylation is 1.